The van der Waals surface area contributed by atoms with Gasteiger partial charge in [0.2, 0.25) is 11.8 Å². The van der Waals surface area contributed by atoms with Crippen LogP contribution in [0.5, 0.6) is 0 Å². The van der Waals surface area contributed by atoms with Gasteiger partial charge < -0.3 is 30.3 Å². The van der Waals surface area contributed by atoms with Crippen LogP contribution in [0.25, 0.3) is 0 Å². The number of benzene rings is 1. The first-order chi connectivity index (χ1) is 20.0. The second-order valence-corrected chi connectivity index (χ2v) is 10.9. The minimum atomic E-state index is -1.47. The number of methoxy groups -OCH3 is 1. The lowest BCUT2D eigenvalue weighted by molar-refractivity contribution is -0.163. The quantitative estimate of drug-likeness (QED) is 0.315. The number of likely N-dealkylation sites (tertiary alicyclic amines) is 1. The molecule has 1 heterocycles. The van der Waals surface area contributed by atoms with Crippen LogP contribution in [-0.2, 0) is 35.1 Å². The fourth-order valence-corrected chi connectivity index (χ4v) is 5.54. The molecule has 3 rings (SSSR count). The lowest BCUT2D eigenvalue weighted by Crippen LogP contribution is -2.57. The van der Waals surface area contributed by atoms with Gasteiger partial charge >= 0.3 is 18.0 Å². The molecule has 2 aliphatic rings. The van der Waals surface area contributed by atoms with Crippen LogP contribution in [0.3, 0.4) is 0 Å². The summed E-state index contributed by atoms with van der Waals surface area (Å²) in [5.41, 5.74) is 0.0959. The van der Waals surface area contributed by atoms with E-state index < -0.39 is 59.7 Å². The molecule has 2 fully saturated rings. The Morgan fingerprint density at radius 1 is 1.00 bits per heavy atom. The van der Waals surface area contributed by atoms with Gasteiger partial charge in [0.25, 0.3) is 0 Å². The average molecular weight is 595 g/mol. The van der Waals surface area contributed by atoms with E-state index >= 15 is 0 Å². The first-order valence-electron chi connectivity index (χ1n) is 14.3. The first kappa shape index (κ1) is 32.7. The Morgan fingerprint density at radius 3 is 2.29 bits per heavy atom. The Labute approximate surface area is 244 Å². The smallest absolute Gasteiger partial charge is 0.332 e. The molecular formula is C29H40F2N4O7. The monoisotopic (exact) mass is 594 g/mol. The molecule has 232 valence electrons. The topological polar surface area (TPSA) is 143 Å². The fourth-order valence-electron chi connectivity index (χ4n) is 5.54. The normalized spacial score (nSPS) is 19.0. The standard InChI is InChI=1S/C29H40F2N4O7/c1-17(42-27(38)24-9-6-12-35(24)18(2)36)25(28(39)41-3)34-26(37)23(15-20-13-21(30)16-22(31)14-20)33-29(40)32-11-10-19-7-4-5-8-19/h13-14,16-17,19,23-25H,4-12,15H2,1-3H3,(H,34,37)(H2,32,33,40)/t17-,23+,24?,25+/m1/s1. The number of halogens is 2. The van der Waals surface area contributed by atoms with E-state index in [4.69, 9.17) is 9.47 Å². The molecule has 0 radical (unpaired) electrons. The summed E-state index contributed by atoms with van der Waals surface area (Å²) < 4.78 is 38.0. The van der Waals surface area contributed by atoms with Gasteiger partial charge in [-0.2, -0.15) is 0 Å². The molecule has 11 nitrogen and oxygen atoms in total. The number of rotatable bonds is 12. The van der Waals surface area contributed by atoms with Gasteiger partial charge in [-0.3, -0.25) is 9.59 Å². The summed E-state index contributed by atoms with van der Waals surface area (Å²) in [4.78, 5) is 64.8. The Morgan fingerprint density at radius 2 is 1.67 bits per heavy atom. The van der Waals surface area contributed by atoms with E-state index in [0.717, 1.165) is 51.3 Å². The molecular weight excluding hydrogens is 554 g/mol. The van der Waals surface area contributed by atoms with Crippen molar-refractivity contribution >= 4 is 29.8 Å². The highest BCUT2D eigenvalue weighted by molar-refractivity contribution is 5.91. The molecule has 3 N–H and O–H groups in total. The second kappa shape index (κ2) is 15.5. The Bertz CT molecular complexity index is 1120. The van der Waals surface area contributed by atoms with Gasteiger partial charge in [-0.25, -0.2) is 23.2 Å². The summed E-state index contributed by atoms with van der Waals surface area (Å²) >= 11 is 0. The van der Waals surface area contributed by atoms with Crippen LogP contribution in [0.15, 0.2) is 18.2 Å². The van der Waals surface area contributed by atoms with E-state index in [-0.39, 0.29) is 17.9 Å². The van der Waals surface area contributed by atoms with Crippen molar-refractivity contribution in [2.75, 3.05) is 20.2 Å². The molecule has 1 aliphatic carbocycles. The van der Waals surface area contributed by atoms with Gasteiger partial charge in [0, 0.05) is 32.5 Å². The van der Waals surface area contributed by atoms with Crippen molar-refractivity contribution in [3.05, 3.63) is 35.4 Å². The third-order valence-electron chi connectivity index (χ3n) is 7.75. The third kappa shape index (κ3) is 9.38. The van der Waals surface area contributed by atoms with E-state index in [1.165, 1.54) is 18.7 Å². The summed E-state index contributed by atoms with van der Waals surface area (Å²) in [5.74, 6) is -4.00. The van der Waals surface area contributed by atoms with Crippen LogP contribution in [0.4, 0.5) is 13.6 Å². The molecule has 0 bridgehead atoms. The predicted molar refractivity (Wildman–Crippen MR) is 147 cm³/mol. The number of nitrogens with one attached hydrogen (secondary N) is 3. The molecule has 1 unspecified atom stereocenters. The summed E-state index contributed by atoms with van der Waals surface area (Å²) in [6, 6.07) is -1.55. The van der Waals surface area contributed by atoms with Crippen molar-refractivity contribution in [3.8, 4) is 0 Å². The molecule has 1 aliphatic heterocycles. The van der Waals surface area contributed by atoms with Gasteiger partial charge in [-0.05, 0) is 49.8 Å². The highest BCUT2D eigenvalue weighted by Gasteiger charge is 2.38. The summed E-state index contributed by atoms with van der Waals surface area (Å²) in [6.07, 6.45) is 4.81. The lowest BCUT2D eigenvalue weighted by Gasteiger charge is -2.28. The zero-order chi connectivity index (χ0) is 30.8. The number of urea groups is 1. The van der Waals surface area contributed by atoms with E-state index in [0.29, 0.717) is 37.9 Å². The molecule has 42 heavy (non-hydrogen) atoms. The van der Waals surface area contributed by atoms with Crippen LogP contribution >= 0.6 is 0 Å². The number of hydrogen-bond acceptors (Lipinski definition) is 7. The van der Waals surface area contributed by atoms with Crippen molar-refractivity contribution < 1.29 is 42.2 Å². The van der Waals surface area contributed by atoms with E-state index in [1.54, 1.807) is 0 Å². The van der Waals surface area contributed by atoms with Crippen LogP contribution in [-0.4, -0.2) is 79.1 Å². The lowest BCUT2D eigenvalue weighted by atomic mass is 10.0. The number of amides is 4. The molecule has 0 aromatic heterocycles. The van der Waals surface area contributed by atoms with Crippen molar-refractivity contribution in [1.82, 2.24) is 20.9 Å². The van der Waals surface area contributed by atoms with Gasteiger partial charge in [-0.15, -0.1) is 0 Å². The number of carbonyl (C=O) groups is 5. The van der Waals surface area contributed by atoms with E-state index in [1.807, 2.05) is 0 Å². The minimum Gasteiger partial charge on any atom is -0.467 e. The Kier molecular flexibility index (Phi) is 12.0. The van der Waals surface area contributed by atoms with Crippen LogP contribution in [0.2, 0.25) is 0 Å². The number of carbonyl (C=O) groups excluding carboxylic acids is 5. The molecule has 13 heteroatoms. The van der Waals surface area contributed by atoms with Crippen molar-refractivity contribution in [2.24, 2.45) is 5.92 Å². The molecule has 0 spiro atoms. The van der Waals surface area contributed by atoms with Crippen LogP contribution in [0, 0.1) is 17.6 Å². The van der Waals surface area contributed by atoms with Crippen molar-refractivity contribution in [3.63, 3.8) is 0 Å². The second-order valence-electron chi connectivity index (χ2n) is 10.9. The number of nitrogens with zero attached hydrogens (tertiary/aromatic N) is 1. The number of esters is 2. The summed E-state index contributed by atoms with van der Waals surface area (Å²) in [6.45, 7) is 3.51. The summed E-state index contributed by atoms with van der Waals surface area (Å²) in [5, 5.41) is 7.69. The predicted octanol–water partition coefficient (Wildman–Crippen LogP) is 2.36. The fraction of sp³-hybridized carbons (Fsp3) is 0.621. The maximum absolute atomic E-state index is 13.9. The Hall–Kier alpha value is -3.77. The average Bonchev–Trinajstić information content (AvgIpc) is 3.63. The molecule has 4 amide bonds. The maximum Gasteiger partial charge on any atom is 0.332 e. The van der Waals surface area contributed by atoms with Crippen LogP contribution in [0.1, 0.15) is 64.4 Å². The zero-order valence-corrected chi connectivity index (χ0v) is 24.3. The van der Waals surface area contributed by atoms with Gasteiger partial charge in [-0.1, -0.05) is 25.7 Å². The SMILES string of the molecule is COC(=O)[C@@H](NC(=O)[C@H](Cc1cc(F)cc(F)c1)NC(=O)NCCC1CCCC1)[C@@H](C)OC(=O)C1CCCN1C(C)=O. The largest absolute Gasteiger partial charge is 0.467 e. The highest BCUT2D eigenvalue weighted by atomic mass is 19.1. The van der Waals surface area contributed by atoms with Gasteiger partial charge in [0.15, 0.2) is 6.04 Å². The molecule has 1 aromatic rings. The molecule has 4 atom stereocenters. The maximum atomic E-state index is 13.9. The molecule has 1 aromatic carbocycles. The van der Waals surface area contributed by atoms with Gasteiger partial charge in [0.05, 0.1) is 7.11 Å². The summed E-state index contributed by atoms with van der Waals surface area (Å²) in [7, 11) is 1.09. The minimum absolute atomic E-state index is 0.0959. The molecule has 1 saturated heterocycles. The van der Waals surface area contributed by atoms with Crippen molar-refractivity contribution in [2.45, 2.75) is 89.4 Å². The van der Waals surface area contributed by atoms with E-state index in [9.17, 15) is 32.8 Å². The number of hydrogen-bond donors (Lipinski definition) is 3. The van der Waals surface area contributed by atoms with E-state index in [2.05, 4.69) is 16.0 Å². The zero-order valence-electron chi connectivity index (χ0n) is 24.3. The number of ether oxygens (including phenoxy) is 2. The molecule has 1 saturated carbocycles. The third-order valence-corrected chi connectivity index (χ3v) is 7.75. The first-order valence-corrected chi connectivity index (χ1v) is 14.3. The van der Waals surface area contributed by atoms with Crippen LogP contribution < -0.4 is 16.0 Å². The Balaban J connectivity index is 1.71. The van der Waals surface area contributed by atoms with Gasteiger partial charge in [0.1, 0.15) is 29.8 Å². The highest BCUT2D eigenvalue weighted by Crippen LogP contribution is 2.27. The van der Waals surface area contributed by atoms with Crippen molar-refractivity contribution in [1.29, 1.82) is 0 Å².